The molecule has 5 nitrogen and oxygen atoms in total. The fraction of sp³-hybridized carbons (Fsp3) is 0.125. The van der Waals surface area contributed by atoms with Gasteiger partial charge < -0.3 is 14.2 Å². The van der Waals surface area contributed by atoms with Crippen LogP contribution in [0.4, 0.5) is 0 Å². The number of ketones is 2. The first-order chi connectivity index (χ1) is 10.2. The van der Waals surface area contributed by atoms with Crippen LogP contribution in [0.5, 0.6) is 17.2 Å². The van der Waals surface area contributed by atoms with Crippen LogP contribution in [0.2, 0.25) is 0 Å². The quantitative estimate of drug-likeness (QED) is 0.751. The molecule has 0 aromatic heterocycles. The zero-order valence-electron chi connectivity index (χ0n) is 10.9. The average molecular weight is 282 g/mol. The van der Waals surface area contributed by atoms with Crippen LogP contribution in [0, 0.1) is 0 Å². The average Bonchev–Trinajstić information content (AvgIpc) is 2.98. The molecule has 2 aliphatic heterocycles. The van der Waals surface area contributed by atoms with Crippen LogP contribution in [0.15, 0.2) is 42.5 Å². The lowest BCUT2D eigenvalue weighted by molar-refractivity contribution is -0.122. The maximum Gasteiger partial charge on any atom is 0.248 e. The highest BCUT2D eigenvalue weighted by Crippen LogP contribution is 2.38. The summed E-state index contributed by atoms with van der Waals surface area (Å²) in [5.41, 5.74) is 0.881. The van der Waals surface area contributed by atoms with Gasteiger partial charge in [-0.3, -0.25) is 9.59 Å². The lowest BCUT2D eigenvalue weighted by atomic mass is 9.95. The van der Waals surface area contributed by atoms with Crippen LogP contribution in [0.25, 0.3) is 0 Å². The Bertz CT molecular complexity index is 765. The first kappa shape index (κ1) is 12.0. The third-order valence-electron chi connectivity index (χ3n) is 3.54. The maximum absolute atomic E-state index is 12.2. The molecule has 2 aromatic carbocycles. The Morgan fingerprint density at radius 1 is 0.905 bits per heavy atom. The predicted octanol–water partition coefficient (Wildman–Crippen LogP) is 2.30. The molecule has 2 heterocycles. The molecular weight excluding hydrogens is 272 g/mol. The van der Waals surface area contributed by atoms with Crippen LogP contribution in [-0.2, 0) is 4.79 Å². The van der Waals surface area contributed by atoms with Crippen molar-refractivity contribution < 1.29 is 23.8 Å². The third-order valence-corrected chi connectivity index (χ3v) is 3.54. The van der Waals surface area contributed by atoms with Gasteiger partial charge in [-0.2, -0.15) is 0 Å². The van der Waals surface area contributed by atoms with Crippen LogP contribution in [0.3, 0.4) is 0 Å². The van der Waals surface area contributed by atoms with Crippen molar-refractivity contribution in [2.45, 2.75) is 6.10 Å². The summed E-state index contributed by atoms with van der Waals surface area (Å²) >= 11 is 0. The molecule has 0 amide bonds. The molecule has 5 heteroatoms. The number of hydrogen-bond donors (Lipinski definition) is 0. The maximum atomic E-state index is 12.2. The molecule has 0 fully saturated rings. The highest BCUT2D eigenvalue weighted by atomic mass is 16.7. The van der Waals surface area contributed by atoms with Crippen molar-refractivity contribution in [3.8, 4) is 17.2 Å². The van der Waals surface area contributed by atoms with E-state index in [2.05, 4.69) is 0 Å². The Morgan fingerprint density at radius 2 is 1.71 bits per heavy atom. The number of carbonyl (C=O) groups excluding carboxylic acids is 2. The van der Waals surface area contributed by atoms with E-state index in [0.29, 0.717) is 28.4 Å². The summed E-state index contributed by atoms with van der Waals surface area (Å²) in [7, 11) is 0. The van der Waals surface area contributed by atoms with E-state index >= 15 is 0 Å². The van der Waals surface area contributed by atoms with Crippen molar-refractivity contribution in [2.24, 2.45) is 0 Å². The lowest BCUT2D eigenvalue weighted by Crippen LogP contribution is -2.31. The third kappa shape index (κ3) is 1.78. The second-order valence-electron chi connectivity index (χ2n) is 4.80. The van der Waals surface area contributed by atoms with Gasteiger partial charge in [-0.1, -0.05) is 18.2 Å². The molecule has 1 atom stereocenters. The topological polar surface area (TPSA) is 61.8 Å². The van der Waals surface area contributed by atoms with E-state index in [0.717, 1.165) is 0 Å². The number of hydrogen-bond acceptors (Lipinski definition) is 5. The number of para-hydroxylation sites is 1. The number of Topliss-reactive ketones (excluding diaryl/α,β-unsaturated/α-hetero) is 2. The Balaban J connectivity index is 1.76. The van der Waals surface area contributed by atoms with E-state index in [-0.39, 0.29) is 6.79 Å². The van der Waals surface area contributed by atoms with Gasteiger partial charge >= 0.3 is 0 Å². The van der Waals surface area contributed by atoms with Crippen molar-refractivity contribution in [1.82, 2.24) is 0 Å². The fourth-order valence-electron chi connectivity index (χ4n) is 2.48. The van der Waals surface area contributed by atoms with Crippen LogP contribution in [-0.4, -0.2) is 18.4 Å². The smallest absolute Gasteiger partial charge is 0.248 e. The summed E-state index contributed by atoms with van der Waals surface area (Å²) in [5.74, 6) is 0.487. The first-order valence-corrected chi connectivity index (χ1v) is 6.48. The molecule has 1 unspecified atom stereocenters. The standard InChI is InChI=1S/C16H10O5/c17-14-10-3-1-2-4-11(10)21-16(15(14)18)9-5-6-12-13(7-9)20-8-19-12/h1-7,16H,8H2. The summed E-state index contributed by atoms with van der Waals surface area (Å²) in [4.78, 5) is 24.4. The molecule has 0 spiro atoms. The lowest BCUT2D eigenvalue weighted by Gasteiger charge is -2.24. The molecule has 0 aliphatic carbocycles. The molecule has 104 valence electrons. The van der Waals surface area contributed by atoms with E-state index in [1.165, 1.54) is 0 Å². The highest BCUT2D eigenvalue weighted by molar-refractivity contribution is 6.46. The Hall–Kier alpha value is -2.82. The largest absolute Gasteiger partial charge is 0.477 e. The predicted molar refractivity (Wildman–Crippen MR) is 71.7 cm³/mol. The minimum absolute atomic E-state index is 0.153. The summed E-state index contributed by atoms with van der Waals surface area (Å²) in [6.45, 7) is 0.153. The second kappa shape index (κ2) is 4.34. The van der Waals surface area contributed by atoms with Crippen molar-refractivity contribution in [3.63, 3.8) is 0 Å². The van der Waals surface area contributed by atoms with Crippen molar-refractivity contribution in [1.29, 1.82) is 0 Å². The Morgan fingerprint density at radius 3 is 2.62 bits per heavy atom. The van der Waals surface area contributed by atoms with Gasteiger partial charge in [0, 0.05) is 5.56 Å². The normalized spacial score (nSPS) is 19.1. The van der Waals surface area contributed by atoms with Gasteiger partial charge in [-0.05, 0) is 24.3 Å². The summed E-state index contributed by atoms with van der Waals surface area (Å²) in [6, 6.07) is 11.8. The van der Waals surface area contributed by atoms with Crippen LogP contribution in [0.1, 0.15) is 22.0 Å². The van der Waals surface area contributed by atoms with Gasteiger partial charge in [0.15, 0.2) is 17.6 Å². The summed E-state index contributed by atoms with van der Waals surface area (Å²) in [5, 5.41) is 0. The molecule has 2 aromatic rings. The van der Waals surface area contributed by atoms with Gasteiger partial charge in [-0.15, -0.1) is 0 Å². The number of ether oxygens (including phenoxy) is 3. The van der Waals surface area contributed by atoms with Gasteiger partial charge in [0.25, 0.3) is 0 Å². The number of carbonyl (C=O) groups is 2. The minimum atomic E-state index is -0.943. The second-order valence-corrected chi connectivity index (χ2v) is 4.80. The van der Waals surface area contributed by atoms with Gasteiger partial charge in [-0.25, -0.2) is 0 Å². The van der Waals surface area contributed by atoms with Crippen LogP contribution >= 0.6 is 0 Å². The van der Waals surface area contributed by atoms with Crippen molar-refractivity contribution in [3.05, 3.63) is 53.6 Å². The van der Waals surface area contributed by atoms with Crippen molar-refractivity contribution >= 4 is 11.6 Å². The zero-order chi connectivity index (χ0) is 14.4. The summed E-state index contributed by atoms with van der Waals surface area (Å²) in [6.07, 6.45) is -0.943. The van der Waals surface area contributed by atoms with E-state index in [9.17, 15) is 9.59 Å². The molecule has 0 saturated carbocycles. The van der Waals surface area contributed by atoms with E-state index in [1.807, 2.05) is 0 Å². The van der Waals surface area contributed by atoms with Gasteiger partial charge in [0.05, 0.1) is 5.56 Å². The van der Waals surface area contributed by atoms with Gasteiger partial charge in [0.1, 0.15) is 5.75 Å². The number of fused-ring (bicyclic) bond motifs is 2. The molecule has 0 saturated heterocycles. The number of rotatable bonds is 1. The van der Waals surface area contributed by atoms with E-state index in [1.54, 1.807) is 42.5 Å². The molecule has 21 heavy (non-hydrogen) atoms. The molecular formula is C16H10O5. The Labute approximate surface area is 120 Å². The highest BCUT2D eigenvalue weighted by Gasteiger charge is 2.36. The number of benzene rings is 2. The molecule has 0 bridgehead atoms. The molecule has 0 N–H and O–H groups in total. The molecule has 0 radical (unpaired) electrons. The van der Waals surface area contributed by atoms with Crippen LogP contribution < -0.4 is 14.2 Å². The van der Waals surface area contributed by atoms with E-state index in [4.69, 9.17) is 14.2 Å². The summed E-state index contributed by atoms with van der Waals surface area (Å²) < 4.78 is 16.2. The Kier molecular flexibility index (Phi) is 2.47. The SMILES string of the molecule is O=C1C(=O)C(c2ccc3c(c2)OCO3)Oc2ccccc21. The van der Waals surface area contributed by atoms with Crippen molar-refractivity contribution in [2.75, 3.05) is 6.79 Å². The first-order valence-electron chi connectivity index (χ1n) is 6.48. The van der Waals surface area contributed by atoms with E-state index < -0.39 is 17.7 Å². The van der Waals surface area contributed by atoms with Gasteiger partial charge in [0.2, 0.25) is 18.4 Å². The minimum Gasteiger partial charge on any atom is -0.477 e. The molecule has 4 rings (SSSR count). The fourth-order valence-corrected chi connectivity index (χ4v) is 2.48. The molecule has 2 aliphatic rings. The monoisotopic (exact) mass is 282 g/mol. The zero-order valence-corrected chi connectivity index (χ0v) is 10.9.